The van der Waals surface area contributed by atoms with Gasteiger partial charge in [0.1, 0.15) is 5.92 Å². The number of allylic oxidation sites excluding steroid dienone is 1. The maximum atomic E-state index is 4.49. The molecule has 4 heterocycles. The van der Waals surface area contributed by atoms with Crippen molar-refractivity contribution in [3.63, 3.8) is 0 Å². The zero-order valence-electron chi connectivity index (χ0n) is 26.6. The number of aromatic nitrogens is 2. The second-order valence-corrected chi connectivity index (χ2v) is 13.0. The second-order valence-electron chi connectivity index (χ2n) is 13.0. The summed E-state index contributed by atoms with van der Waals surface area (Å²) >= 11 is 0. The van der Waals surface area contributed by atoms with E-state index in [-0.39, 0.29) is 11.1 Å². The van der Waals surface area contributed by atoms with Crippen LogP contribution in [0.4, 0.5) is 5.69 Å². The van der Waals surface area contributed by atoms with Crippen LogP contribution in [0.2, 0.25) is 0 Å². The van der Waals surface area contributed by atoms with Crippen LogP contribution in [0.5, 0.6) is 0 Å². The van der Waals surface area contributed by atoms with E-state index in [2.05, 4.69) is 164 Å². The number of aryl methyl sites for hydroxylation is 1. The van der Waals surface area contributed by atoms with Gasteiger partial charge in [-0.15, -0.1) is 0 Å². The van der Waals surface area contributed by atoms with Gasteiger partial charge < -0.3 is 0 Å². The molecule has 1 spiro atoms. The van der Waals surface area contributed by atoms with Crippen molar-refractivity contribution in [2.45, 2.75) is 57.5 Å². The minimum absolute atomic E-state index is 0.0649. The fourth-order valence-corrected chi connectivity index (χ4v) is 9.03. The Hall–Kier alpha value is -4.83. The van der Waals surface area contributed by atoms with E-state index in [1.807, 2.05) is 11.1 Å². The van der Waals surface area contributed by atoms with Crippen LogP contribution >= 0.6 is 0 Å². The van der Waals surface area contributed by atoms with Crippen molar-refractivity contribution in [1.29, 1.82) is 0 Å². The van der Waals surface area contributed by atoms with Gasteiger partial charge in [0.2, 0.25) is 16.9 Å². The molecular formula is C41H40N4+2. The number of pyridine rings is 2. The van der Waals surface area contributed by atoms with Gasteiger partial charge in [-0.2, -0.15) is 14.2 Å². The highest BCUT2D eigenvalue weighted by molar-refractivity contribution is 5.76. The quantitative estimate of drug-likeness (QED) is 0.111. The molecule has 8 rings (SSSR count). The number of hydrogen-bond donors (Lipinski definition) is 0. The van der Waals surface area contributed by atoms with Crippen LogP contribution in [0.1, 0.15) is 61.8 Å². The van der Waals surface area contributed by atoms with Gasteiger partial charge in [-0.05, 0) is 60.4 Å². The third kappa shape index (κ3) is 3.69. The van der Waals surface area contributed by atoms with E-state index in [0.717, 1.165) is 24.1 Å². The average molecular weight is 589 g/mol. The van der Waals surface area contributed by atoms with Gasteiger partial charge in [-0.1, -0.05) is 68.4 Å². The van der Waals surface area contributed by atoms with Crippen molar-refractivity contribution >= 4 is 18.0 Å². The maximum Gasteiger partial charge on any atom is 0.213 e. The Morgan fingerprint density at radius 2 is 1.58 bits per heavy atom. The van der Waals surface area contributed by atoms with Gasteiger partial charge in [0.05, 0.1) is 22.7 Å². The topological polar surface area (TPSA) is 23.4 Å². The highest BCUT2D eigenvalue weighted by Gasteiger charge is 2.86. The maximum absolute atomic E-state index is 4.49. The summed E-state index contributed by atoms with van der Waals surface area (Å²) in [4.78, 5) is 0. The van der Waals surface area contributed by atoms with E-state index in [0.29, 0.717) is 11.8 Å². The minimum atomic E-state index is -0.148. The average Bonchev–Trinajstić information content (AvgIpc) is 3.72. The summed E-state index contributed by atoms with van der Waals surface area (Å²) in [6, 6.07) is 37.9. The summed E-state index contributed by atoms with van der Waals surface area (Å²) in [5.74, 6) is 0.713. The lowest BCUT2D eigenvalue weighted by molar-refractivity contribution is -0.776. The van der Waals surface area contributed by atoms with E-state index in [9.17, 15) is 0 Å². The Morgan fingerprint density at radius 1 is 0.822 bits per heavy atom. The molecule has 1 saturated carbocycles. The van der Waals surface area contributed by atoms with Crippen LogP contribution in [0.15, 0.2) is 127 Å². The second kappa shape index (κ2) is 10.1. The zero-order chi connectivity index (χ0) is 30.9. The van der Waals surface area contributed by atoms with Crippen molar-refractivity contribution in [1.82, 2.24) is 0 Å². The first-order valence-electron chi connectivity index (χ1n) is 16.3. The Labute approximate surface area is 266 Å². The summed E-state index contributed by atoms with van der Waals surface area (Å²) in [6.45, 7) is 13.1. The Kier molecular flexibility index (Phi) is 6.22. The third-order valence-corrected chi connectivity index (χ3v) is 11.1. The van der Waals surface area contributed by atoms with Gasteiger partial charge in [0, 0.05) is 55.6 Å². The molecule has 4 heteroatoms. The first kappa shape index (κ1) is 27.7. The predicted molar refractivity (Wildman–Crippen MR) is 183 cm³/mol. The number of benzene rings is 3. The number of hydrogen-bond acceptors (Lipinski definition) is 2. The van der Waals surface area contributed by atoms with Crippen molar-refractivity contribution < 1.29 is 9.13 Å². The molecule has 3 atom stereocenters. The van der Waals surface area contributed by atoms with E-state index in [1.165, 1.54) is 44.8 Å². The van der Waals surface area contributed by atoms with Crippen LogP contribution < -0.4 is 14.1 Å². The fourth-order valence-electron chi connectivity index (χ4n) is 9.03. The third-order valence-electron chi connectivity index (χ3n) is 11.1. The number of fused-ring (bicyclic) bond motifs is 12. The normalized spacial score (nSPS) is 21.6. The monoisotopic (exact) mass is 588 g/mol. The van der Waals surface area contributed by atoms with E-state index >= 15 is 0 Å². The lowest BCUT2D eigenvalue weighted by atomic mass is 9.82. The molecule has 2 aliphatic heterocycles. The molecule has 222 valence electrons. The molecule has 0 amide bonds. The van der Waals surface area contributed by atoms with Gasteiger partial charge in [0.25, 0.3) is 0 Å². The molecule has 1 aliphatic carbocycles. The Balaban J connectivity index is 1.39. The molecule has 2 aromatic heterocycles. The first-order valence-corrected chi connectivity index (χ1v) is 16.3. The number of rotatable bonds is 6. The molecule has 0 bridgehead atoms. The summed E-state index contributed by atoms with van der Waals surface area (Å²) in [5, 5.41) is 6.41. The van der Waals surface area contributed by atoms with Gasteiger partial charge in [-0.25, -0.2) is 5.01 Å². The minimum Gasteiger partial charge on any atom is -0.241 e. The molecule has 4 nitrogen and oxygen atoms in total. The van der Waals surface area contributed by atoms with Crippen molar-refractivity contribution in [2.75, 3.05) is 5.01 Å². The van der Waals surface area contributed by atoms with Crippen LogP contribution in [0.25, 0.3) is 28.1 Å². The number of hydrazone groups is 1. The highest BCUT2D eigenvalue weighted by atomic mass is 15.4. The molecule has 45 heavy (non-hydrogen) atoms. The smallest absolute Gasteiger partial charge is 0.213 e. The van der Waals surface area contributed by atoms with Crippen LogP contribution in [-0.2, 0) is 11.1 Å². The molecule has 3 aromatic carbocycles. The van der Waals surface area contributed by atoms with Gasteiger partial charge >= 0.3 is 0 Å². The largest absolute Gasteiger partial charge is 0.241 e. The molecule has 3 unspecified atom stereocenters. The van der Waals surface area contributed by atoms with Crippen molar-refractivity contribution in [3.8, 4) is 22.5 Å². The van der Waals surface area contributed by atoms with E-state index in [4.69, 9.17) is 0 Å². The highest BCUT2D eigenvalue weighted by Crippen LogP contribution is 2.73. The van der Waals surface area contributed by atoms with Crippen molar-refractivity contribution in [2.24, 2.45) is 11.0 Å². The van der Waals surface area contributed by atoms with Gasteiger partial charge in [-0.3, -0.25) is 0 Å². The predicted octanol–water partition coefficient (Wildman–Crippen LogP) is 8.39. The van der Waals surface area contributed by atoms with E-state index in [1.54, 1.807) is 0 Å². The summed E-state index contributed by atoms with van der Waals surface area (Å²) in [5.41, 5.74) is 12.5. The molecule has 0 saturated heterocycles. The van der Waals surface area contributed by atoms with Crippen LogP contribution in [0.3, 0.4) is 0 Å². The lowest BCUT2D eigenvalue weighted by Gasteiger charge is -2.29. The molecule has 1 fully saturated rings. The zero-order valence-corrected chi connectivity index (χ0v) is 26.6. The van der Waals surface area contributed by atoms with E-state index < -0.39 is 0 Å². The van der Waals surface area contributed by atoms with Crippen LogP contribution in [0, 0.1) is 12.8 Å². The van der Waals surface area contributed by atoms with Crippen LogP contribution in [-0.4, -0.2) is 6.72 Å². The fraction of sp³-hybridized carbons (Fsp3) is 0.244. The summed E-state index contributed by atoms with van der Waals surface area (Å²) in [7, 11) is 0. The molecule has 0 N–H and O–H groups in total. The Bertz CT molecular complexity index is 1960. The molecular weight excluding hydrogens is 548 g/mol. The molecule has 0 radical (unpaired) electrons. The molecule has 3 aliphatic rings. The lowest BCUT2D eigenvalue weighted by Crippen LogP contribution is -2.61. The summed E-state index contributed by atoms with van der Waals surface area (Å²) in [6.07, 6.45) is 8.89. The standard InChI is InChI=1S/C41H40N4/c1-6-40(7-2)39-38(41(39)35-18-12-11-17-33(35)36-19-13-14-23-44(36)41)32-21-20-31(26-34(32)37-25-28(3)22-24-43(37)40)45(42-5)27-29(4)30-15-9-8-10-16-30/h8-27,38-39H,5-7H2,1-4H3/q+2. The molecule has 5 aromatic rings. The SMILES string of the molecule is C=NN(C=C(C)c1ccccc1)c1ccc2c(c1)-c1cc(C)cc[n+]1C(CC)(CC)C1C2C12c1ccccc1-c1cccc[n+]12. The summed E-state index contributed by atoms with van der Waals surface area (Å²) < 4.78 is 5.26. The van der Waals surface area contributed by atoms with Gasteiger partial charge in [0.15, 0.2) is 17.9 Å². The Morgan fingerprint density at radius 3 is 2.36 bits per heavy atom. The number of anilines is 1. The van der Waals surface area contributed by atoms with Crippen molar-refractivity contribution in [3.05, 3.63) is 144 Å². The first-order chi connectivity index (χ1) is 22.0. The number of nitrogens with zero attached hydrogens (tertiary/aromatic N) is 4.